The lowest BCUT2D eigenvalue weighted by Gasteiger charge is -2.36. The van der Waals surface area contributed by atoms with Gasteiger partial charge >= 0.3 is 0 Å². The number of nitrogens with one attached hydrogen (secondary N) is 1. The van der Waals surface area contributed by atoms with Crippen LogP contribution in [0.3, 0.4) is 0 Å². The van der Waals surface area contributed by atoms with E-state index in [2.05, 4.69) is 37.2 Å². The van der Waals surface area contributed by atoms with Crippen molar-refractivity contribution in [1.29, 1.82) is 0 Å². The second kappa shape index (κ2) is 9.11. The van der Waals surface area contributed by atoms with Gasteiger partial charge in [-0.1, -0.05) is 19.3 Å². The molecule has 1 aliphatic heterocycles. The van der Waals surface area contributed by atoms with Gasteiger partial charge in [-0.2, -0.15) is 0 Å². The molecule has 0 spiro atoms. The second-order valence-corrected chi connectivity index (χ2v) is 7.75. The van der Waals surface area contributed by atoms with Crippen molar-refractivity contribution >= 4 is 17.5 Å². The summed E-state index contributed by atoms with van der Waals surface area (Å²) in [7, 11) is 1.68. The SMILES string of the molecule is COc1ccc(N2CCN(c3ncc(C(=O)NC4CCCCC4)cn3)CC2)cc1. The highest BCUT2D eigenvalue weighted by Gasteiger charge is 2.21. The Morgan fingerprint density at radius 2 is 1.59 bits per heavy atom. The Labute approximate surface area is 172 Å². The number of carbonyl (C=O) groups is 1. The van der Waals surface area contributed by atoms with E-state index in [0.29, 0.717) is 17.6 Å². The largest absolute Gasteiger partial charge is 0.497 e. The summed E-state index contributed by atoms with van der Waals surface area (Å²) in [6, 6.07) is 8.45. The fourth-order valence-corrected chi connectivity index (χ4v) is 4.08. The Morgan fingerprint density at radius 3 is 2.21 bits per heavy atom. The predicted octanol–water partition coefficient (Wildman–Crippen LogP) is 2.87. The van der Waals surface area contributed by atoms with E-state index < -0.39 is 0 Å². The monoisotopic (exact) mass is 395 g/mol. The molecule has 1 aromatic carbocycles. The van der Waals surface area contributed by atoms with Crippen LogP contribution in [0.4, 0.5) is 11.6 Å². The van der Waals surface area contributed by atoms with Crippen molar-refractivity contribution in [3.63, 3.8) is 0 Å². The number of anilines is 2. The maximum absolute atomic E-state index is 12.4. The van der Waals surface area contributed by atoms with Gasteiger partial charge in [0.1, 0.15) is 5.75 Å². The van der Waals surface area contributed by atoms with Crippen molar-refractivity contribution in [1.82, 2.24) is 15.3 Å². The molecular weight excluding hydrogens is 366 g/mol. The molecule has 29 heavy (non-hydrogen) atoms. The molecule has 1 saturated heterocycles. The molecule has 4 rings (SSSR count). The number of hydrogen-bond donors (Lipinski definition) is 1. The van der Waals surface area contributed by atoms with Gasteiger partial charge in [-0.3, -0.25) is 4.79 Å². The van der Waals surface area contributed by atoms with E-state index in [1.807, 2.05) is 12.1 Å². The molecule has 0 radical (unpaired) electrons. The molecule has 2 aliphatic rings. The van der Waals surface area contributed by atoms with Crippen molar-refractivity contribution in [3.8, 4) is 5.75 Å². The number of carbonyl (C=O) groups excluding carboxylic acids is 1. The first-order chi connectivity index (χ1) is 14.2. The van der Waals surface area contributed by atoms with Crippen molar-refractivity contribution < 1.29 is 9.53 Å². The third-order valence-electron chi connectivity index (χ3n) is 5.84. The number of ether oxygens (including phenoxy) is 1. The zero-order valence-corrected chi connectivity index (χ0v) is 17.0. The number of benzene rings is 1. The van der Waals surface area contributed by atoms with Gasteiger partial charge in [-0.05, 0) is 37.1 Å². The molecule has 2 aromatic rings. The zero-order valence-electron chi connectivity index (χ0n) is 17.0. The summed E-state index contributed by atoms with van der Waals surface area (Å²) < 4.78 is 5.23. The lowest BCUT2D eigenvalue weighted by molar-refractivity contribution is 0.0927. The highest BCUT2D eigenvalue weighted by molar-refractivity contribution is 5.93. The van der Waals surface area contributed by atoms with Gasteiger partial charge in [0.2, 0.25) is 5.95 Å². The second-order valence-electron chi connectivity index (χ2n) is 7.75. The smallest absolute Gasteiger partial charge is 0.254 e. The molecule has 1 saturated carbocycles. The van der Waals surface area contributed by atoms with Crippen LogP contribution in [0.15, 0.2) is 36.7 Å². The fraction of sp³-hybridized carbons (Fsp3) is 0.500. The van der Waals surface area contributed by atoms with Gasteiger partial charge < -0.3 is 19.9 Å². The number of amides is 1. The van der Waals surface area contributed by atoms with Crippen LogP contribution >= 0.6 is 0 Å². The first kappa shape index (κ1) is 19.5. The quantitative estimate of drug-likeness (QED) is 0.840. The molecular formula is C22H29N5O2. The van der Waals surface area contributed by atoms with Crippen molar-refractivity contribution in [2.45, 2.75) is 38.1 Å². The van der Waals surface area contributed by atoms with Crippen LogP contribution in [-0.2, 0) is 0 Å². The summed E-state index contributed by atoms with van der Waals surface area (Å²) in [5, 5.41) is 3.12. The lowest BCUT2D eigenvalue weighted by Crippen LogP contribution is -2.47. The molecule has 1 amide bonds. The van der Waals surface area contributed by atoms with Crippen LogP contribution in [-0.4, -0.2) is 55.2 Å². The van der Waals surface area contributed by atoms with E-state index in [0.717, 1.165) is 44.8 Å². The van der Waals surface area contributed by atoms with Gasteiger partial charge in [-0.15, -0.1) is 0 Å². The van der Waals surface area contributed by atoms with Gasteiger partial charge in [0, 0.05) is 50.3 Å². The summed E-state index contributed by atoms with van der Waals surface area (Å²) >= 11 is 0. The first-order valence-electron chi connectivity index (χ1n) is 10.5. The number of rotatable bonds is 5. The number of nitrogens with zero attached hydrogens (tertiary/aromatic N) is 4. The fourth-order valence-electron chi connectivity index (χ4n) is 4.08. The highest BCUT2D eigenvalue weighted by atomic mass is 16.5. The van der Waals surface area contributed by atoms with E-state index in [9.17, 15) is 4.79 Å². The molecule has 1 N–H and O–H groups in total. The van der Waals surface area contributed by atoms with Gasteiger partial charge in [0.05, 0.1) is 12.7 Å². The van der Waals surface area contributed by atoms with Crippen molar-refractivity contribution in [2.75, 3.05) is 43.1 Å². The molecule has 2 heterocycles. The molecule has 7 nitrogen and oxygen atoms in total. The molecule has 0 atom stereocenters. The first-order valence-corrected chi connectivity index (χ1v) is 10.5. The number of hydrogen-bond acceptors (Lipinski definition) is 6. The lowest BCUT2D eigenvalue weighted by atomic mass is 9.95. The molecule has 1 aromatic heterocycles. The van der Waals surface area contributed by atoms with Crippen LogP contribution in [0, 0.1) is 0 Å². The third-order valence-corrected chi connectivity index (χ3v) is 5.84. The molecule has 0 unspecified atom stereocenters. The van der Waals surface area contributed by atoms with E-state index in [-0.39, 0.29) is 5.91 Å². The van der Waals surface area contributed by atoms with E-state index in [1.165, 1.54) is 24.9 Å². The highest BCUT2D eigenvalue weighted by Crippen LogP contribution is 2.22. The summed E-state index contributed by atoms with van der Waals surface area (Å²) in [6.45, 7) is 3.50. The number of methoxy groups -OCH3 is 1. The van der Waals surface area contributed by atoms with Gasteiger partial charge in [0.15, 0.2) is 0 Å². The van der Waals surface area contributed by atoms with Crippen molar-refractivity contribution in [2.24, 2.45) is 0 Å². The van der Waals surface area contributed by atoms with Crippen LogP contribution in [0.1, 0.15) is 42.5 Å². The van der Waals surface area contributed by atoms with Crippen LogP contribution in [0.5, 0.6) is 5.75 Å². The third kappa shape index (κ3) is 4.78. The van der Waals surface area contributed by atoms with Gasteiger partial charge in [0.25, 0.3) is 5.91 Å². The minimum Gasteiger partial charge on any atom is -0.497 e. The topological polar surface area (TPSA) is 70.6 Å². The van der Waals surface area contributed by atoms with Crippen molar-refractivity contribution in [3.05, 3.63) is 42.2 Å². The van der Waals surface area contributed by atoms with E-state index in [1.54, 1.807) is 19.5 Å². The average Bonchev–Trinajstić information content (AvgIpc) is 2.80. The zero-order chi connectivity index (χ0) is 20.1. The normalized spacial score (nSPS) is 17.8. The van der Waals surface area contributed by atoms with E-state index in [4.69, 9.17) is 4.74 Å². The molecule has 1 aliphatic carbocycles. The summed E-state index contributed by atoms with van der Waals surface area (Å²) in [5.41, 5.74) is 1.73. The Balaban J connectivity index is 1.31. The van der Waals surface area contributed by atoms with E-state index >= 15 is 0 Å². The standard InChI is InChI=1S/C22H29N5O2/c1-29-20-9-7-19(8-10-20)26-11-13-27(14-12-26)22-23-15-17(16-24-22)21(28)25-18-5-3-2-4-6-18/h7-10,15-16,18H,2-6,11-14H2,1H3,(H,25,28). The van der Waals surface area contributed by atoms with Crippen LogP contribution in [0.25, 0.3) is 0 Å². The summed E-state index contributed by atoms with van der Waals surface area (Å²) in [6.07, 6.45) is 9.11. The average molecular weight is 396 g/mol. The minimum atomic E-state index is -0.0622. The maximum atomic E-state index is 12.4. The number of piperazine rings is 1. The maximum Gasteiger partial charge on any atom is 0.254 e. The summed E-state index contributed by atoms with van der Waals surface area (Å²) in [4.78, 5) is 25.9. The summed E-state index contributed by atoms with van der Waals surface area (Å²) in [5.74, 6) is 1.50. The Hall–Kier alpha value is -2.83. The molecule has 154 valence electrons. The predicted molar refractivity (Wildman–Crippen MR) is 114 cm³/mol. The Bertz CT molecular complexity index is 795. The van der Waals surface area contributed by atoms with Crippen LogP contribution < -0.4 is 19.9 Å². The Kier molecular flexibility index (Phi) is 6.12. The Morgan fingerprint density at radius 1 is 0.966 bits per heavy atom. The molecule has 0 bridgehead atoms. The number of aromatic nitrogens is 2. The molecule has 7 heteroatoms. The van der Waals surface area contributed by atoms with Gasteiger partial charge in [-0.25, -0.2) is 9.97 Å². The minimum absolute atomic E-state index is 0.0622. The van der Waals surface area contributed by atoms with Crippen LogP contribution in [0.2, 0.25) is 0 Å². The molecule has 2 fully saturated rings.